The van der Waals surface area contributed by atoms with Crippen LogP contribution in [0, 0.1) is 0 Å². The van der Waals surface area contributed by atoms with Crippen molar-refractivity contribution in [2.24, 2.45) is 0 Å². The van der Waals surface area contributed by atoms with Crippen LogP contribution >= 0.6 is 0 Å². The predicted octanol–water partition coefficient (Wildman–Crippen LogP) is -0.274. The van der Waals surface area contributed by atoms with E-state index >= 15 is 0 Å². The van der Waals surface area contributed by atoms with Gasteiger partial charge in [-0.15, -0.1) is 5.10 Å². The van der Waals surface area contributed by atoms with Gasteiger partial charge in [-0.25, -0.2) is 4.68 Å². The van der Waals surface area contributed by atoms with Crippen molar-refractivity contribution in [1.82, 2.24) is 20.2 Å². The summed E-state index contributed by atoms with van der Waals surface area (Å²) < 4.78 is 2.03. The van der Waals surface area contributed by atoms with Crippen LogP contribution in [-0.4, -0.2) is 52.9 Å². The molecule has 2 heterocycles. The van der Waals surface area contributed by atoms with Gasteiger partial charge in [-0.3, -0.25) is 0 Å². The third-order valence-electron chi connectivity index (χ3n) is 5.43. The molecule has 140 valence electrons. The molecule has 1 aliphatic rings. The molecule has 0 amide bonds. The maximum Gasteiger partial charge on any atom is 0.209 e. The first-order chi connectivity index (χ1) is 12.8. The number of benzene rings is 1. The molecule has 3 rings (SSSR count). The monoisotopic (exact) mass is 356 g/mol. The minimum absolute atomic E-state index is 0.399. The highest BCUT2D eigenvalue weighted by atomic mass is 15.5. The van der Waals surface area contributed by atoms with Crippen molar-refractivity contribution in [2.75, 3.05) is 32.7 Å². The molecule has 1 aromatic carbocycles. The van der Waals surface area contributed by atoms with Gasteiger partial charge in [0.2, 0.25) is 5.82 Å². The first-order valence-electron chi connectivity index (χ1n) is 9.90. The lowest BCUT2D eigenvalue weighted by Crippen LogP contribution is -3.28. The number of rotatable bonds is 9. The standard InChI is InChI=1S/C20H30N6/c1-3-8-19(25-16-14-24(12-4-2)15-17-25)20-21-22-23-26(20)13-11-18-9-6-5-7-10-18/h4-7,9-10,19H,2-3,8,11-17H2,1H3/p+2/t19-/m0/s1. The van der Waals surface area contributed by atoms with Gasteiger partial charge < -0.3 is 9.80 Å². The molecule has 1 fully saturated rings. The second-order valence-electron chi connectivity index (χ2n) is 7.24. The lowest BCUT2D eigenvalue weighted by Gasteiger charge is -2.33. The highest BCUT2D eigenvalue weighted by Crippen LogP contribution is 2.13. The summed E-state index contributed by atoms with van der Waals surface area (Å²) in [5, 5.41) is 12.7. The van der Waals surface area contributed by atoms with Gasteiger partial charge in [-0.2, -0.15) is 0 Å². The van der Waals surface area contributed by atoms with Crippen molar-refractivity contribution in [3.05, 3.63) is 54.4 Å². The Morgan fingerprint density at radius 3 is 2.65 bits per heavy atom. The Morgan fingerprint density at radius 2 is 1.96 bits per heavy atom. The van der Waals surface area contributed by atoms with E-state index in [2.05, 4.69) is 59.4 Å². The van der Waals surface area contributed by atoms with Crippen molar-refractivity contribution < 1.29 is 9.80 Å². The SMILES string of the molecule is C=CC[NH+]1CC[NH+]([C@@H](CCC)c2nnnn2CCc2ccccc2)CC1. The maximum absolute atomic E-state index is 4.44. The van der Waals surface area contributed by atoms with E-state index < -0.39 is 0 Å². The normalized spacial score (nSPS) is 21.4. The molecule has 1 aliphatic heterocycles. The number of tetrazole rings is 1. The molecule has 6 heteroatoms. The van der Waals surface area contributed by atoms with Gasteiger partial charge in [-0.05, 0) is 28.5 Å². The van der Waals surface area contributed by atoms with E-state index in [9.17, 15) is 0 Å². The minimum Gasteiger partial charge on any atom is -0.322 e. The van der Waals surface area contributed by atoms with Crippen LogP contribution in [0.15, 0.2) is 43.0 Å². The minimum atomic E-state index is 0.399. The van der Waals surface area contributed by atoms with E-state index in [1.54, 1.807) is 9.80 Å². The van der Waals surface area contributed by atoms with E-state index in [-0.39, 0.29) is 0 Å². The summed E-state index contributed by atoms with van der Waals surface area (Å²) >= 11 is 0. The van der Waals surface area contributed by atoms with Crippen molar-refractivity contribution in [2.45, 2.75) is 38.8 Å². The zero-order valence-electron chi connectivity index (χ0n) is 15.9. The number of hydrogen-bond acceptors (Lipinski definition) is 3. The summed E-state index contributed by atoms with van der Waals surface area (Å²) in [5.41, 5.74) is 1.33. The largest absolute Gasteiger partial charge is 0.322 e. The zero-order chi connectivity index (χ0) is 18.2. The Kier molecular flexibility index (Phi) is 6.91. The van der Waals surface area contributed by atoms with E-state index in [4.69, 9.17) is 0 Å². The van der Waals surface area contributed by atoms with Crippen molar-refractivity contribution in [3.63, 3.8) is 0 Å². The van der Waals surface area contributed by atoms with Crippen LogP contribution < -0.4 is 9.80 Å². The quantitative estimate of drug-likeness (QED) is 0.608. The Balaban J connectivity index is 1.67. The molecule has 0 aliphatic carbocycles. The second kappa shape index (κ2) is 9.59. The molecule has 0 spiro atoms. The molecule has 0 radical (unpaired) electrons. The molecule has 2 N–H and O–H groups in total. The summed E-state index contributed by atoms with van der Waals surface area (Å²) in [6.45, 7) is 12.8. The third-order valence-corrected chi connectivity index (χ3v) is 5.43. The number of piperazine rings is 1. The molecule has 1 saturated heterocycles. The summed E-state index contributed by atoms with van der Waals surface area (Å²) in [5.74, 6) is 1.06. The molecule has 2 aromatic rings. The summed E-state index contributed by atoms with van der Waals surface area (Å²) in [6.07, 6.45) is 5.29. The fraction of sp³-hybridized carbons (Fsp3) is 0.550. The van der Waals surface area contributed by atoms with Gasteiger partial charge in [0.05, 0.1) is 6.54 Å². The number of aromatic nitrogens is 4. The summed E-state index contributed by atoms with van der Waals surface area (Å²) in [6, 6.07) is 11.0. The van der Waals surface area contributed by atoms with Crippen LogP contribution in [0.25, 0.3) is 0 Å². The molecule has 1 aromatic heterocycles. The van der Waals surface area contributed by atoms with Gasteiger partial charge in [-0.1, -0.05) is 50.3 Å². The smallest absolute Gasteiger partial charge is 0.209 e. The number of quaternary nitrogens is 2. The van der Waals surface area contributed by atoms with Gasteiger partial charge in [0.25, 0.3) is 0 Å². The van der Waals surface area contributed by atoms with Gasteiger partial charge in [0, 0.05) is 13.0 Å². The fourth-order valence-electron chi connectivity index (χ4n) is 3.99. The average molecular weight is 357 g/mol. The van der Waals surface area contributed by atoms with E-state index in [1.807, 2.05) is 10.8 Å². The molecular formula is C20H32N6+2. The van der Waals surface area contributed by atoms with E-state index in [1.165, 1.54) is 31.7 Å². The first-order valence-corrected chi connectivity index (χ1v) is 9.90. The van der Waals surface area contributed by atoms with Gasteiger partial charge >= 0.3 is 0 Å². The zero-order valence-corrected chi connectivity index (χ0v) is 15.9. The van der Waals surface area contributed by atoms with Gasteiger partial charge in [0.1, 0.15) is 32.2 Å². The molecule has 26 heavy (non-hydrogen) atoms. The van der Waals surface area contributed by atoms with Crippen LogP contribution in [0.2, 0.25) is 0 Å². The van der Waals surface area contributed by atoms with Crippen molar-refractivity contribution in [3.8, 4) is 0 Å². The lowest BCUT2D eigenvalue weighted by atomic mass is 10.1. The lowest BCUT2D eigenvalue weighted by molar-refractivity contribution is -1.03. The van der Waals surface area contributed by atoms with E-state index in [0.29, 0.717) is 6.04 Å². The summed E-state index contributed by atoms with van der Waals surface area (Å²) in [7, 11) is 0. The van der Waals surface area contributed by atoms with E-state index in [0.717, 1.165) is 38.2 Å². The second-order valence-corrected chi connectivity index (χ2v) is 7.24. The fourth-order valence-corrected chi connectivity index (χ4v) is 3.99. The number of aryl methyl sites for hydroxylation is 2. The average Bonchev–Trinajstić information content (AvgIpc) is 3.14. The molecule has 6 nitrogen and oxygen atoms in total. The first kappa shape index (κ1) is 18.7. The molecular weight excluding hydrogens is 324 g/mol. The van der Waals surface area contributed by atoms with Crippen molar-refractivity contribution >= 4 is 0 Å². The molecule has 1 atom stereocenters. The Bertz CT molecular complexity index is 660. The number of nitrogens with zero attached hydrogens (tertiary/aromatic N) is 4. The Labute approximate surface area is 156 Å². The third kappa shape index (κ3) is 4.77. The Hall–Kier alpha value is -2.05. The van der Waals surface area contributed by atoms with Crippen molar-refractivity contribution in [1.29, 1.82) is 0 Å². The summed E-state index contributed by atoms with van der Waals surface area (Å²) in [4.78, 5) is 3.28. The maximum atomic E-state index is 4.44. The van der Waals surface area contributed by atoms with Crippen LogP contribution in [0.3, 0.4) is 0 Å². The molecule has 0 bridgehead atoms. The number of nitrogens with one attached hydrogen (secondary N) is 2. The highest BCUT2D eigenvalue weighted by molar-refractivity contribution is 5.14. The Morgan fingerprint density at radius 1 is 1.19 bits per heavy atom. The van der Waals surface area contributed by atoms with Crippen LogP contribution in [0.1, 0.15) is 37.2 Å². The van der Waals surface area contributed by atoms with Crippen LogP contribution in [0.4, 0.5) is 0 Å². The topological polar surface area (TPSA) is 52.5 Å². The molecule has 0 unspecified atom stereocenters. The molecule has 0 saturated carbocycles. The van der Waals surface area contributed by atoms with Crippen LogP contribution in [-0.2, 0) is 13.0 Å². The van der Waals surface area contributed by atoms with Gasteiger partial charge in [0.15, 0.2) is 0 Å². The van der Waals surface area contributed by atoms with Crippen LogP contribution in [0.5, 0.6) is 0 Å². The predicted molar refractivity (Wildman–Crippen MR) is 102 cm³/mol. The number of hydrogen-bond donors (Lipinski definition) is 2. The highest BCUT2D eigenvalue weighted by Gasteiger charge is 2.33.